The van der Waals surface area contributed by atoms with Gasteiger partial charge in [-0.1, -0.05) is 27.7 Å². The largest absolute Gasteiger partial charge is 0.313 e. The molecule has 0 heterocycles. The highest BCUT2D eigenvalue weighted by Crippen LogP contribution is 2.32. The number of nitrogens with one attached hydrogen (secondary N) is 1. The van der Waals surface area contributed by atoms with Gasteiger partial charge >= 0.3 is 0 Å². The molecule has 1 nitrogen and oxygen atoms in total. The fraction of sp³-hybridized carbons (Fsp3) is 0.538. The van der Waals surface area contributed by atoms with Crippen molar-refractivity contribution in [2.45, 2.75) is 43.9 Å². The van der Waals surface area contributed by atoms with Gasteiger partial charge < -0.3 is 5.32 Å². The van der Waals surface area contributed by atoms with Gasteiger partial charge in [0.2, 0.25) is 0 Å². The third-order valence-electron chi connectivity index (χ3n) is 1.93. The monoisotopic (exact) mass is 241 g/mol. The fourth-order valence-corrected chi connectivity index (χ4v) is 2.49. The Labute approximate surface area is 102 Å². The average Bonchev–Trinajstić information content (AvgIpc) is 2.10. The summed E-state index contributed by atoms with van der Waals surface area (Å²) in [4.78, 5) is 1.00. The van der Waals surface area contributed by atoms with E-state index in [2.05, 4.69) is 32.2 Å². The summed E-state index contributed by atoms with van der Waals surface area (Å²) in [5, 5.41) is 3.21. The average molecular weight is 241 g/mol. The molecule has 16 heavy (non-hydrogen) atoms. The highest BCUT2D eigenvalue weighted by molar-refractivity contribution is 8.00. The first kappa shape index (κ1) is 13.5. The summed E-state index contributed by atoms with van der Waals surface area (Å²) >= 11 is 1.69. The van der Waals surface area contributed by atoms with Crippen LogP contribution in [0.15, 0.2) is 23.1 Å². The van der Waals surface area contributed by atoms with Crippen molar-refractivity contribution in [1.82, 2.24) is 5.32 Å². The normalized spacial score (nSPS) is 11.8. The zero-order valence-electron chi connectivity index (χ0n) is 10.4. The van der Waals surface area contributed by atoms with Crippen LogP contribution in [0.3, 0.4) is 0 Å². The number of hydrogen-bond acceptors (Lipinski definition) is 2. The van der Waals surface area contributed by atoms with Gasteiger partial charge in [0.15, 0.2) is 0 Å². The van der Waals surface area contributed by atoms with Crippen molar-refractivity contribution >= 4 is 11.8 Å². The number of thioether (sulfide) groups is 1. The van der Waals surface area contributed by atoms with E-state index in [4.69, 9.17) is 0 Å². The van der Waals surface area contributed by atoms with E-state index < -0.39 is 0 Å². The third-order valence-corrected chi connectivity index (χ3v) is 3.02. The minimum absolute atomic E-state index is 0.114. The number of benzene rings is 1. The molecular formula is C13H20FNS. The molecule has 0 unspecified atom stereocenters. The van der Waals surface area contributed by atoms with Gasteiger partial charge in [0.1, 0.15) is 5.82 Å². The van der Waals surface area contributed by atoms with Gasteiger partial charge in [-0.3, -0.25) is 0 Å². The summed E-state index contributed by atoms with van der Waals surface area (Å²) in [7, 11) is 0. The summed E-state index contributed by atoms with van der Waals surface area (Å²) in [6, 6.07) is 5.25. The lowest BCUT2D eigenvalue weighted by atomic mass is 10.2. The molecule has 0 aliphatic rings. The molecule has 0 fully saturated rings. The van der Waals surface area contributed by atoms with E-state index in [1.807, 2.05) is 6.92 Å². The second-order valence-electron chi connectivity index (χ2n) is 4.79. The standard InChI is InChI=1S/C13H20FNS/c1-5-15-9-10-6-11(14)8-12(7-10)16-13(2,3)4/h6-8,15H,5,9H2,1-4H3. The van der Waals surface area contributed by atoms with Crippen molar-refractivity contribution in [3.63, 3.8) is 0 Å². The van der Waals surface area contributed by atoms with Gasteiger partial charge in [-0.25, -0.2) is 4.39 Å². The molecule has 1 N–H and O–H groups in total. The lowest BCUT2D eigenvalue weighted by molar-refractivity contribution is 0.617. The van der Waals surface area contributed by atoms with Gasteiger partial charge in [0.05, 0.1) is 0 Å². The van der Waals surface area contributed by atoms with Crippen LogP contribution in [0.2, 0.25) is 0 Å². The Morgan fingerprint density at radius 1 is 1.25 bits per heavy atom. The lowest BCUT2D eigenvalue weighted by Gasteiger charge is -2.18. The molecule has 90 valence electrons. The number of hydrogen-bond donors (Lipinski definition) is 1. The van der Waals surface area contributed by atoms with Crippen molar-refractivity contribution < 1.29 is 4.39 Å². The highest BCUT2D eigenvalue weighted by Gasteiger charge is 2.13. The molecule has 0 aromatic heterocycles. The maximum Gasteiger partial charge on any atom is 0.124 e. The second-order valence-corrected chi connectivity index (χ2v) is 6.69. The predicted molar refractivity (Wildman–Crippen MR) is 69.4 cm³/mol. The lowest BCUT2D eigenvalue weighted by Crippen LogP contribution is -2.12. The van der Waals surface area contributed by atoms with Crippen LogP contribution in [0, 0.1) is 5.82 Å². The third kappa shape index (κ3) is 4.99. The van der Waals surface area contributed by atoms with Crippen LogP contribution >= 0.6 is 11.8 Å². The maximum absolute atomic E-state index is 13.4. The molecule has 0 saturated carbocycles. The van der Waals surface area contributed by atoms with E-state index in [9.17, 15) is 4.39 Å². The molecule has 0 bridgehead atoms. The first-order chi connectivity index (χ1) is 7.40. The zero-order chi connectivity index (χ0) is 12.2. The van der Waals surface area contributed by atoms with E-state index in [1.165, 1.54) is 0 Å². The van der Waals surface area contributed by atoms with Crippen LogP contribution < -0.4 is 5.32 Å². The quantitative estimate of drug-likeness (QED) is 0.804. The van der Waals surface area contributed by atoms with E-state index in [-0.39, 0.29) is 10.6 Å². The van der Waals surface area contributed by atoms with Crippen molar-refractivity contribution in [1.29, 1.82) is 0 Å². The van der Waals surface area contributed by atoms with Crippen LogP contribution in [0.1, 0.15) is 33.3 Å². The molecule has 0 atom stereocenters. The minimum atomic E-state index is -0.151. The number of halogens is 1. The smallest absolute Gasteiger partial charge is 0.124 e. The molecule has 1 rings (SSSR count). The minimum Gasteiger partial charge on any atom is -0.313 e. The van der Waals surface area contributed by atoms with Crippen LogP contribution in [-0.4, -0.2) is 11.3 Å². The van der Waals surface area contributed by atoms with Crippen molar-refractivity contribution in [2.24, 2.45) is 0 Å². The maximum atomic E-state index is 13.4. The molecule has 0 aliphatic carbocycles. The highest BCUT2D eigenvalue weighted by atomic mass is 32.2. The first-order valence-electron chi connectivity index (χ1n) is 5.60. The molecule has 0 amide bonds. The number of rotatable bonds is 4. The van der Waals surface area contributed by atoms with Crippen molar-refractivity contribution in [2.75, 3.05) is 6.54 Å². The van der Waals surface area contributed by atoms with Crippen LogP contribution in [-0.2, 0) is 6.54 Å². The predicted octanol–water partition coefficient (Wildman–Crippen LogP) is 3.83. The van der Waals surface area contributed by atoms with Crippen LogP contribution in [0.25, 0.3) is 0 Å². The summed E-state index contributed by atoms with van der Waals surface area (Å²) in [6.45, 7) is 10.1. The van der Waals surface area contributed by atoms with Crippen LogP contribution in [0.5, 0.6) is 0 Å². The van der Waals surface area contributed by atoms with Crippen LogP contribution in [0.4, 0.5) is 4.39 Å². The molecule has 0 aliphatic heterocycles. The molecule has 0 saturated heterocycles. The Balaban J connectivity index is 2.81. The summed E-state index contributed by atoms with van der Waals surface area (Å²) in [6.07, 6.45) is 0. The van der Waals surface area contributed by atoms with Gasteiger partial charge in [-0.05, 0) is 30.3 Å². The fourth-order valence-electron chi connectivity index (χ4n) is 1.40. The Morgan fingerprint density at radius 3 is 2.50 bits per heavy atom. The Morgan fingerprint density at radius 2 is 1.94 bits per heavy atom. The van der Waals surface area contributed by atoms with Gasteiger partial charge in [-0.2, -0.15) is 0 Å². The Kier molecular flexibility index (Phi) is 4.81. The van der Waals surface area contributed by atoms with E-state index in [1.54, 1.807) is 23.9 Å². The van der Waals surface area contributed by atoms with Gasteiger partial charge in [0, 0.05) is 16.2 Å². The second kappa shape index (κ2) is 5.69. The Hall–Kier alpha value is -0.540. The first-order valence-corrected chi connectivity index (χ1v) is 6.41. The van der Waals surface area contributed by atoms with Crippen molar-refractivity contribution in [3.8, 4) is 0 Å². The SMILES string of the molecule is CCNCc1cc(F)cc(SC(C)(C)C)c1. The van der Waals surface area contributed by atoms with Crippen molar-refractivity contribution in [3.05, 3.63) is 29.6 Å². The van der Waals surface area contributed by atoms with E-state index in [0.717, 1.165) is 23.5 Å². The van der Waals surface area contributed by atoms with E-state index >= 15 is 0 Å². The molecule has 0 spiro atoms. The van der Waals surface area contributed by atoms with Gasteiger partial charge in [-0.15, -0.1) is 11.8 Å². The summed E-state index contributed by atoms with van der Waals surface area (Å²) in [5.41, 5.74) is 1.01. The molecule has 3 heteroatoms. The van der Waals surface area contributed by atoms with Gasteiger partial charge in [0.25, 0.3) is 0 Å². The molecule has 1 aromatic carbocycles. The van der Waals surface area contributed by atoms with E-state index in [0.29, 0.717) is 0 Å². The Bertz CT molecular complexity index is 344. The molecular weight excluding hydrogens is 221 g/mol. The zero-order valence-corrected chi connectivity index (χ0v) is 11.2. The molecule has 1 aromatic rings. The molecule has 0 radical (unpaired) electrons. The summed E-state index contributed by atoms with van der Waals surface area (Å²) in [5.74, 6) is -0.151. The topological polar surface area (TPSA) is 12.0 Å². The summed E-state index contributed by atoms with van der Waals surface area (Å²) < 4.78 is 13.5.